The Hall–Kier alpha value is -2.92. The monoisotopic (exact) mass is 391 g/mol. The highest BCUT2D eigenvalue weighted by molar-refractivity contribution is 5.93. The lowest BCUT2D eigenvalue weighted by Gasteiger charge is -2.33. The van der Waals surface area contributed by atoms with Crippen molar-refractivity contribution in [2.75, 3.05) is 38.0 Å². The second kappa shape index (κ2) is 9.52. The van der Waals surface area contributed by atoms with E-state index in [0.29, 0.717) is 32.7 Å². The number of nitrogens with one attached hydrogen (secondary N) is 1. The molecular formula is C24H29N3O2. The van der Waals surface area contributed by atoms with Crippen molar-refractivity contribution < 1.29 is 9.59 Å². The fourth-order valence-corrected chi connectivity index (χ4v) is 3.36. The maximum Gasteiger partial charge on any atom is 0.246 e. The van der Waals surface area contributed by atoms with Gasteiger partial charge in [-0.2, -0.15) is 0 Å². The number of rotatable bonds is 5. The van der Waals surface area contributed by atoms with Crippen LogP contribution < -0.4 is 5.32 Å². The fourth-order valence-electron chi connectivity index (χ4n) is 3.36. The molecular weight excluding hydrogens is 362 g/mol. The molecule has 1 aliphatic heterocycles. The third kappa shape index (κ3) is 5.78. The van der Waals surface area contributed by atoms with Crippen LogP contribution in [-0.2, 0) is 9.59 Å². The van der Waals surface area contributed by atoms with Crippen LogP contribution in [0.1, 0.15) is 22.3 Å². The molecule has 0 aliphatic carbocycles. The first kappa shape index (κ1) is 20.8. The second-order valence-corrected chi connectivity index (χ2v) is 7.64. The number of aryl methyl sites for hydroxylation is 2. The quantitative estimate of drug-likeness (QED) is 0.795. The van der Waals surface area contributed by atoms with Gasteiger partial charge in [0.1, 0.15) is 0 Å². The Kier molecular flexibility index (Phi) is 6.83. The molecule has 5 heteroatoms. The Morgan fingerprint density at radius 2 is 1.66 bits per heavy atom. The van der Waals surface area contributed by atoms with Crippen molar-refractivity contribution in [3.63, 3.8) is 0 Å². The highest BCUT2D eigenvalue weighted by atomic mass is 16.2. The minimum absolute atomic E-state index is 0.0160. The lowest BCUT2D eigenvalue weighted by molar-refractivity contribution is -0.127. The van der Waals surface area contributed by atoms with E-state index in [9.17, 15) is 9.59 Å². The van der Waals surface area contributed by atoms with Gasteiger partial charge in [-0.1, -0.05) is 42.0 Å². The van der Waals surface area contributed by atoms with Gasteiger partial charge in [0.05, 0.1) is 6.54 Å². The normalized spacial score (nSPS) is 14.9. The molecule has 0 spiro atoms. The molecule has 1 fully saturated rings. The van der Waals surface area contributed by atoms with Crippen molar-refractivity contribution in [2.45, 2.75) is 20.8 Å². The summed E-state index contributed by atoms with van der Waals surface area (Å²) >= 11 is 0. The van der Waals surface area contributed by atoms with Crippen molar-refractivity contribution in [3.8, 4) is 0 Å². The number of hydrogen-bond acceptors (Lipinski definition) is 3. The Bertz CT molecular complexity index is 895. The molecule has 1 heterocycles. The van der Waals surface area contributed by atoms with E-state index >= 15 is 0 Å². The van der Waals surface area contributed by atoms with Crippen LogP contribution in [-0.4, -0.2) is 54.3 Å². The zero-order valence-corrected chi connectivity index (χ0v) is 17.4. The molecule has 3 rings (SSSR count). The van der Waals surface area contributed by atoms with E-state index in [1.54, 1.807) is 6.08 Å². The first-order valence-corrected chi connectivity index (χ1v) is 10.0. The third-order valence-corrected chi connectivity index (χ3v) is 5.43. The van der Waals surface area contributed by atoms with Crippen LogP contribution in [0.25, 0.3) is 6.08 Å². The molecule has 2 aromatic rings. The Labute approximate surface area is 173 Å². The number of amides is 2. The van der Waals surface area contributed by atoms with Crippen LogP contribution >= 0.6 is 0 Å². The van der Waals surface area contributed by atoms with Crippen molar-refractivity contribution in [1.82, 2.24) is 9.80 Å². The summed E-state index contributed by atoms with van der Waals surface area (Å²) in [4.78, 5) is 28.7. The summed E-state index contributed by atoms with van der Waals surface area (Å²) in [6.45, 7) is 9.10. The highest BCUT2D eigenvalue weighted by Crippen LogP contribution is 2.18. The molecule has 0 radical (unpaired) electrons. The number of benzene rings is 2. The van der Waals surface area contributed by atoms with E-state index in [2.05, 4.69) is 10.2 Å². The molecule has 5 nitrogen and oxygen atoms in total. The summed E-state index contributed by atoms with van der Waals surface area (Å²) in [5, 5.41) is 3.00. The molecule has 2 aromatic carbocycles. The van der Waals surface area contributed by atoms with E-state index in [0.717, 1.165) is 22.4 Å². The summed E-state index contributed by atoms with van der Waals surface area (Å²) in [5.41, 5.74) is 5.34. The summed E-state index contributed by atoms with van der Waals surface area (Å²) in [5.74, 6) is 0.00260. The van der Waals surface area contributed by atoms with Crippen LogP contribution in [0.15, 0.2) is 48.5 Å². The van der Waals surface area contributed by atoms with Crippen molar-refractivity contribution in [2.24, 2.45) is 0 Å². The predicted molar refractivity (Wildman–Crippen MR) is 118 cm³/mol. The van der Waals surface area contributed by atoms with Gasteiger partial charge < -0.3 is 10.2 Å². The molecule has 152 valence electrons. The zero-order chi connectivity index (χ0) is 20.8. The molecule has 0 atom stereocenters. The molecule has 29 heavy (non-hydrogen) atoms. The van der Waals surface area contributed by atoms with Crippen LogP contribution in [0.5, 0.6) is 0 Å². The first-order valence-electron chi connectivity index (χ1n) is 10.0. The number of piperazine rings is 1. The molecule has 1 saturated heterocycles. The van der Waals surface area contributed by atoms with Gasteiger partial charge in [0.15, 0.2) is 0 Å². The van der Waals surface area contributed by atoms with Gasteiger partial charge in [-0.3, -0.25) is 14.5 Å². The van der Waals surface area contributed by atoms with Crippen LogP contribution in [0.2, 0.25) is 0 Å². The molecule has 1 aliphatic rings. The maximum atomic E-state index is 12.4. The van der Waals surface area contributed by atoms with Gasteiger partial charge in [0.2, 0.25) is 11.8 Å². The lowest BCUT2D eigenvalue weighted by Crippen LogP contribution is -2.50. The Morgan fingerprint density at radius 3 is 2.34 bits per heavy atom. The Balaban J connectivity index is 1.46. The van der Waals surface area contributed by atoms with E-state index in [1.807, 2.05) is 74.2 Å². The van der Waals surface area contributed by atoms with E-state index < -0.39 is 0 Å². The molecule has 2 amide bonds. The van der Waals surface area contributed by atoms with Gasteiger partial charge in [0, 0.05) is 37.9 Å². The van der Waals surface area contributed by atoms with Crippen molar-refractivity contribution >= 4 is 23.6 Å². The van der Waals surface area contributed by atoms with Gasteiger partial charge in [-0.05, 0) is 49.6 Å². The number of carbonyl (C=O) groups is 2. The average Bonchev–Trinajstić information content (AvgIpc) is 2.71. The highest BCUT2D eigenvalue weighted by Gasteiger charge is 2.21. The third-order valence-electron chi connectivity index (χ3n) is 5.43. The number of carbonyl (C=O) groups excluding carboxylic acids is 2. The SMILES string of the molecule is Cc1ccc(/C=C/C(=O)N2CCN(CC(=O)Nc3cccc(C)c3C)CC2)cc1. The van der Waals surface area contributed by atoms with E-state index in [4.69, 9.17) is 0 Å². The summed E-state index contributed by atoms with van der Waals surface area (Å²) in [7, 11) is 0. The van der Waals surface area contributed by atoms with Crippen molar-refractivity contribution in [1.29, 1.82) is 0 Å². The minimum atomic E-state index is -0.0160. The average molecular weight is 392 g/mol. The van der Waals surface area contributed by atoms with Crippen molar-refractivity contribution in [3.05, 3.63) is 70.8 Å². The standard InChI is InChI=1S/C24H29N3O2/c1-18-7-9-21(10-8-18)11-12-24(29)27-15-13-26(14-16-27)17-23(28)25-22-6-4-5-19(2)20(22)3/h4-12H,13-17H2,1-3H3,(H,25,28)/b12-11+. The van der Waals surface area contributed by atoms with Crippen LogP contribution in [0.4, 0.5) is 5.69 Å². The fraction of sp³-hybridized carbons (Fsp3) is 0.333. The van der Waals surface area contributed by atoms with E-state index in [-0.39, 0.29) is 11.8 Å². The van der Waals surface area contributed by atoms with Gasteiger partial charge in [0.25, 0.3) is 0 Å². The Morgan fingerprint density at radius 1 is 0.966 bits per heavy atom. The zero-order valence-electron chi connectivity index (χ0n) is 17.4. The predicted octanol–water partition coefficient (Wildman–Crippen LogP) is 3.41. The number of anilines is 1. The molecule has 0 bridgehead atoms. The smallest absolute Gasteiger partial charge is 0.246 e. The molecule has 0 saturated carbocycles. The number of nitrogens with zero attached hydrogens (tertiary/aromatic N) is 2. The van der Waals surface area contributed by atoms with Crippen LogP contribution in [0, 0.1) is 20.8 Å². The largest absolute Gasteiger partial charge is 0.337 e. The van der Waals surface area contributed by atoms with Crippen LogP contribution in [0.3, 0.4) is 0 Å². The summed E-state index contributed by atoms with van der Waals surface area (Å²) in [6.07, 6.45) is 3.49. The minimum Gasteiger partial charge on any atom is -0.337 e. The summed E-state index contributed by atoms with van der Waals surface area (Å²) < 4.78 is 0. The van der Waals surface area contributed by atoms with Gasteiger partial charge >= 0.3 is 0 Å². The summed E-state index contributed by atoms with van der Waals surface area (Å²) in [6, 6.07) is 14.0. The second-order valence-electron chi connectivity index (χ2n) is 7.64. The van der Waals surface area contributed by atoms with Gasteiger partial charge in [-0.25, -0.2) is 0 Å². The first-order chi connectivity index (χ1) is 13.9. The maximum absolute atomic E-state index is 12.4. The number of hydrogen-bond donors (Lipinski definition) is 1. The molecule has 1 N–H and O–H groups in total. The topological polar surface area (TPSA) is 52.7 Å². The van der Waals surface area contributed by atoms with E-state index in [1.165, 1.54) is 5.56 Å². The molecule has 0 unspecified atom stereocenters. The molecule has 0 aromatic heterocycles. The lowest BCUT2D eigenvalue weighted by atomic mass is 10.1. The van der Waals surface area contributed by atoms with Gasteiger partial charge in [-0.15, -0.1) is 0 Å².